The molecule has 0 aromatic heterocycles. The van der Waals surface area contributed by atoms with E-state index in [-0.39, 0.29) is 4.83 Å². The van der Waals surface area contributed by atoms with Crippen molar-refractivity contribution in [1.29, 1.82) is 0 Å². The standard InChI is InChI=1S/C6H9BrO2S/c1-3-9-6(8)5(10)4(2)7/h4H,3H2,1-2H3. The topological polar surface area (TPSA) is 26.3 Å². The van der Waals surface area contributed by atoms with E-state index in [4.69, 9.17) is 12.2 Å². The minimum atomic E-state index is -0.401. The lowest BCUT2D eigenvalue weighted by Crippen LogP contribution is -2.21. The van der Waals surface area contributed by atoms with E-state index < -0.39 is 5.97 Å². The maximum absolute atomic E-state index is 10.8. The lowest BCUT2D eigenvalue weighted by atomic mass is 10.3. The fourth-order valence-electron chi connectivity index (χ4n) is 0.365. The molecule has 0 N–H and O–H groups in total. The molecule has 0 aromatic carbocycles. The molecule has 0 heterocycles. The van der Waals surface area contributed by atoms with E-state index in [2.05, 4.69) is 20.7 Å². The lowest BCUT2D eigenvalue weighted by molar-refractivity contribution is -0.134. The second-order valence-electron chi connectivity index (χ2n) is 1.70. The second kappa shape index (κ2) is 4.79. The molecule has 0 spiro atoms. The molecule has 0 aromatic rings. The molecule has 58 valence electrons. The van der Waals surface area contributed by atoms with E-state index in [1.807, 2.05) is 0 Å². The molecular formula is C6H9BrO2S. The number of hydrogen-bond donors (Lipinski definition) is 0. The van der Waals surface area contributed by atoms with Gasteiger partial charge in [0.2, 0.25) is 0 Å². The Morgan fingerprint density at radius 1 is 1.80 bits per heavy atom. The maximum Gasteiger partial charge on any atom is 0.346 e. The van der Waals surface area contributed by atoms with Crippen LogP contribution >= 0.6 is 28.1 Å². The molecule has 0 aliphatic heterocycles. The van der Waals surface area contributed by atoms with Gasteiger partial charge in [0.05, 0.1) is 11.4 Å². The lowest BCUT2D eigenvalue weighted by Gasteiger charge is -2.03. The van der Waals surface area contributed by atoms with Gasteiger partial charge in [-0.05, 0) is 13.8 Å². The van der Waals surface area contributed by atoms with Gasteiger partial charge in [-0.1, -0.05) is 28.1 Å². The first-order valence-corrected chi connectivity index (χ1v) is 4.27. The van der Waals surface area contributed by atoms with Crippen LogP contribution in [0, 0.1) is 0 Å². The summed E-state index contributed by atoms with van der Waals surface area (Å²) in [6.45, 7) is 3.91. The summed E-state index contributed by atoms with van der Waals surface area (Å²) in [6.07, 6.45) is 0. The van der Waals surface area contributed by atoms with Crippen molar-refractivity contribution in [3.8, 4) is 0 Å². The van der Waals surface area contributed by atoms with E-state index in [1.165, 1.54) is 0 Å². The van der Waals surface area contributed by atoms with Crippen LogP contribution in [0.1, 0.15) is 13.8 Å². The monoisotopic (exact) mass is 224 g/mol. The zero-order valence-electron chi connectivity index (χ0n) is 5.89. The summed E-state index contributed by atoms with van der Waals surface area (Å²) in [5.74, 6) is -0.401. The van der Waals surface area contributed by atoms with Crippen molar-refractivity contribution in [2.75, 3.05) is 6.61 Å². The van der Waals surface area contributed by atoms with E-state index >= 15 is 0 Å². The summed E-state index contributed by atoms with van der Waals surface area (Å²) >= 11 is 7.91. The van der Waals surface area contributed by atoms with Gasteiger partial charge >= 0.3 is 5.97 Å². The highest BCUT2D eigenvalue weighted by atomic mass is 79.9. The number of hydrogen-bond acceptors (Lipinski definition) is 3. The SMILES string of the molecule is CCOC(=O)C(=S)C(C)Br. The molecule has 0 fully saturated rings. The van der Waals surface area contributed by atoms with Gasteiger partial charge in [-0.3, -0.25) is 0 Å². The number of alkyl halides is 1. The van der Waals surface area contributed by atoms with Gasteiger partial charge in [-0.15, -0.1) is 0 Å². The zero-order valence-corrected chi connectivity index (χ0v) is 8.29. The molecule has 1 atom stereocenters. The van der Waals surface area contributed by atoms with E-state index in [1.54, 1.807) is 13.8 Å². The van der Waals surface area contributed by atoms with Gasteiger partial charge in [0.15, 0.2) is 0 Å². The van der Waals surface area contributed by atoms with Gasteiger partial charge in [0.1, 0.15) is 4.86 Å². The number of halogens is 1. The first-order chi connectivity index (χ1) is 4.59. The number of rotatable bonds is 3. The third-order valence-electron chi connectivity index (χ3n) is 0.838. The van der Waals surface area contributed by atoms with E-state index in [0.717, 1.165) is 0 Å². The number of ether oxygens (including phenoxy) is 1. The van der Waals surface area contributed by atoms with Crippen molar-refractivity contribution in [1.82, 2.24) is 0 Å². The van der Waals surface area contributed by atoms with Gasteiger partial charge in [-0.25, -0.2) is 4.79 Å². The number of thiocarbonyl (C=S) groups is 1. The van der Waals surface area contributed by atoms with Gasteiger partial charge in [-0.2, -0.15) is 0 Å². The van der Waals surface area contributed by atoms with Crippen LogP contribution in [0.4, 0.5) is 0 Å². The Kier molecular flexibility index (Phi) is 4.81. The molecular weight excluding hydrogens is 216 g/mol. The van der Waals surface area contributed by atoms with Crippen molar-refractivity contribution in [2.24, 2.45) is 0 Å². The van der Waals surface area contributed by atoms with Crippen LogP contribution in [-0.4, -0.2) is 22.3 Å². The van der Waals surface area contributed by atoms with Gasteiger partial charge in [0, 0.05) is 0 Å². The highest BCUT2D eigenvalue weighted by molar-refractivity contribution is 9.10. The maximum atomic E-state index is 10.8. The van der Waals surface area contributed by atoms with Crippen LogP contribution in [-0.2, 0) is 9.53 Å². The number of esters is 1. The van der Waals surface area contributed by atoms with Crippen molar-refractivity contribution in [3.63, 3.8) is 0 Å². The predicted molar refractivity (Wildman–Crippen MR) is 47.6 cm³/mol. The van der Waals surface area contributed by atoms with E-state index in [0.29, 0.717) is 11.5 Å². The molecule has 0 aliphatic rings. The van der Waals surface area contributed by atoms with Crippen LogP contribution in [0.2, 0.25) is 0 Å². The number of carbonyl (C=O) groups is 1. The van der Waals surface area contributed by atoms with Crippen LogP contribution < -0.4 is 0 Å². The average Bonchev–Trinajstić information content (AvgIpc) is 1.87. The van der Waals surface area contributed by atoms with Crippen LogP contribution in [0.5, 0.6) is 0 Å². The molecule has 0 saturated carbocycles. The summed E-state index contributed by atoms with van der Waals surface area (Å²) in [6, 6.07) is 0. The zero-order chi connectivity index (χ0) is 8.15. The number of carbonyl (C=O) groups excluding carboxylic acids is 1. The minimum absolute atomic E-state index is 0.0819. The molecule has 0 bridgehead atoms. The third kappa shape index (κ3) is 3.27. The van der Waals surface area contributed by atoms with Crippen LogP contribution in [0.3, 0.4) is 0 Å². The average molecular weight is 225 g/mol. The predicted octanol–water partition coefficient (Wildman–Crippen LogP) is 1.70. The Balaban J connectivity index is 3.83. The summed E-state index contributed by atoms with van der Waals surface area (Å²) in [5, 5.41) is 0. The summed E-state index contributed by atoms with van der Waals surface area (Å²) in [7, 11) is 0. The summed E-state index contributed by atoms with van der Waals surface area (Å²) in [4.78, 5) is 11.0. The van der Waals surface area contributed by atoms with Crippen molar-refractivity contribution in [2.45, 2.75) is 18.7 Å². The molecule has 1 unspecified atom stereocenters. The Morgan fingerprint density at radius 2 is 2.30 bits per heavy atom. The molecule has 10 heavy (non-hydrogen) atoms. The minimum Gasteiger partial charge on any atom is -0.462 e. The van der Waals surface area contributed by atoms with Crippen molar-refractivity contribution >= 4 is 39.0 Å². The Bertz CT molecular complexity index is 145. The first-order valence-electron chi connectivity index (χ1n) is 2.94. The van der Waals surface area contributed by atoms with Crippen LogP contribution in [0.15, 0.2) is 0 Å². The summed E-state index contributed by atoms with van der Waals surface area (Å²) < 4.78 is 4.65. The molecule has 0 rings (SSSR count). The molecule has 0 radical (unpaired) electrons. The van der Waals surface area contributed by atoms with Crippen molar-refractivity contribution in [3.05, 3.63) is 0 Å². The normalized spacial score (nSPS) is 12.3. The Morgan fingerprint density at radius 3 is 2.60 bits per heavy atom. The fraction of sp³-hybridized carbons (Fsp3) is 0.667. The highest BCUT2D eigenvalue weighted by Gasteiger charge is 2.14. The molecule has 4 heteroatoms. The van der Waals surface area contributed by atoms with E-state index in [9.17, 15) is 4.79 Å². The molecule has 0 aliphatic carbocycles. The quantitative estimate of drug-likeness (QED) is 0.415. The largest absolute Gasteiger partial charge is 0.462 e. The molecule has 0 amide bonds. The smallest absolute Gasteiger partial charge is 0.346 e. The van der Waals surface area contributed by atoms with Gasteiger partial charge < -0.3 is 4.74 Å². The second-order valence-corrected chi connectivity index (χ2v) is 3.51. The molecule has 0 saturated heterocycles. The molecule has 2 nitrogen and oxygen atoms in total. The van der Waals surface area contributed by atoms with Gasteiger partial charge in [0.25, 0.3) is 0 Å². The van der Waals surface area contributed by atoms with Crippen molar-refractivity contribution < 1.29 is 9.53 Å². The highest BCUT2D eigenvalue weighted by Crippen LogP contribution is 2.02. The summed E-state index contributed by atoms with van der Waals surface area (Å²) in [5.41, 5.74) is 0. The Labute approximate surface area is 74.1 Å². The third-order valence-corrected chi connectivity index (χ3v) is 2.12. The van der Waals surface area contributed by atoms with Crippen LogP contribution in [0.25, 0.3) is 0 Å². The first kappa shape index (κ1) is 10.0. The fourth-order valence-corrected chi connectivity index (χ4v) is 0.610. The Hall–Kier alpha value is 0.0400.